The summed E-state index contributed by atoms with van der Waals surface area (Å²) in [5.41, 5.74) is 1.87. The van der Waals surface area contributed by atoms with Crippen LogP contribution in [0, 0.1) is 0 Å². The van der Waals surface area contributed by atoms with E-state index in [0.717, 1.165) is 18.8 Å². The van der Waals surface area contributed by atoms with Gasteiger partial charge in [0.2, 0.25) is 5.91 Å². The van der Waals surface area contributed by atoms with Crippen LogP contribution in [0.5, 0.6) is 5.75 Å². The zero-order valence-corrected chi connectivity index (χ0v) is 17.4. The summed E-state index contributed by atoms with van der Waals surface area (Å²) in [5, 5.41) is 9.46. The number of nitrogens with zero attached hydrogens (tertiary/aromatic N) is 3. The van der Waals surface area contributed by atoms with Crippen LogP contribution >= 0.6 is 0 Å². The molecule has 31 heavy (non-hydrogen) atoms. The molecule has 0 radical (unpaired) electrons. The number of piperazine rings is 1. The third kappa shape index (κ3) is 4.25. The Morgan fingerprint density at radius 3 is 2.19 bits per heavy atom. The summed E-state index contributed by atoms with van der Waals surface area (Å²) in [5.74, 6) is -0.669. The van der Waals surface area contributed by atoms with E-state index in [1.54, 1.807) is 43.3 Å². The fraction of sp³-hybridized carbons (Fsp3) is 0.348. The number of imide groups is 1. The maximum atomic E-state index is 13.1. The largest absolute Gasteiger partial charge is 0.508 e. The third-order valence-corrected chi connectivity index (χ3v) is 5.73. The SMILES string of the molecule is CCOC(=O)c1ccc(N2C(=O)CC(N3CCN(c4ccc(O)cc4)CC3)C2=O)cc1. The van der Waals surface area contributed by atoms with Crippen molar-refractivity contribution in [3.63, 3.8) is 0 Å². The number of amides is 2. The highest BCUT2D eigenvalue weighted by Gasteiger charge is 2.43. The van der Waals surface area contributed by atoms with Crippen molar-refractivity contribution in [1.82, 2.24) is 4.90 Å². The molecular weight excluding hydrogens is 398 g/mol. The standard InChI is InChI=1S/C23H25N3O5/c1-2-31-23(30)16-3-5-18(6-4-16)26-21(28)15-20(22(26)29)25-13-11-24(12-14-25)17-7-9-19(27)10-8-17/h3-10,20,27H,2,11-15H2,1H3. The lowest BCUT2D eigenvalue weighted by Gasteiger charge is -2.38. The van der Waals surface area contributed by atoms with Crippen LogP contribution in [0.1, 0.15) is 23.7 Å². The van der Waals surface area contributed by atoms with Crippen molar-refractivity contribution < 1.29 is 24.2 Å². The van der Waals surface area contributed by atoms with Crippen molar-refractivity contribution in [2.24, 2.45) is 0 Å². The molecule has 1 unspecified atom stereocenters. The first-order valence-electron chi connectivity index (χ1n) is 10.4. The Morgan fingerprint density at radius 2 is 1.58 bits per heavy atom. The summed E-state index contributed by atoms with van der Waals surface area (Å²) < 4.78 is 4.97. The number of anilines is 2. The summed E-state index contributed by atoms with van der Waals surface area (Å²) in [6.45, 7) is 4.82. The Morgan fingerprint density at radius 1 is 0.968 bits per heavy atom. The predicted molar refractivity (Wildman–Crippen MR) is 115 cm³/mol. The Bertz CT molecular complexity index is 966. The summed E-state index contributed by atoms with van der Waals surface area (Å²) in [4.78, 5) is 43.0. The number of carbonyl (C=O) groups excluding carboxylic acids is 3. The molecule has 0 aliphatic carbocycles. The Hall–Kier alpha value is -3.39. The number of carbonyl (C=O) groups is 3. The van der Waals surface area contributed by atoms with E-state index in [1.807, 2.05) is 12.1 Å². The number of rotatable bonds is 5. The summed E-state index contributed by atoms with van der Waals surface area (Å²) >= 11 is 0. The first-order chi connectivity index (χ1) is 15.0. The second kappa shape index (κ2) is 8.77. The zero-order chi connectivity index (χ0) is 22.0. The molecule has 4 rings (SSSR count). The molecular formula is C23H25N3O5. The number of benzene rings is 2. The van der Waals surface area contributed by atoms with Gasteiger partial charge in [0.05, 0.1) is 30.3 Å². The molecule has 2 aromatic carbocycles. The molecule has 0 bridgehead atoms. The van der Waals surface area contributed by atoms with Gasteiger partial charge in [-0.15, -0.1) is 0 Å². The molecule has 162 valence electrons. The van der Waals surface area contributed by atoms with E-state index in [2.05, 4.69) is 9.80 Å². The number of ether oxygens (including phenoxy) is 1. The van der Waals surface area contributed by atoms with Gasteiger partial charge >= 0.3 is 5.97 Å². The average Bonchev–Trinajstić information content (AvgIpc) is 3.08. The minimum Gasteiger partial charge on any atom is -0.508 e. The number of hydrogen-bond donors (Lipinski definition) is 1. The zero-order valence-electron chi connectivity index (χ0n) is 17.4. The first-order valence-corrected chi connectivity index (χ1v) is 10.4. The van der Waals surface area contributed by atoms with Gasteiger partial charge in [-0.2, -0.15) is 0 Å². The van der Waals surface area contributed by atoms with Gasteiger partial charge in [0, 0.05) is 31.9 Å². The molecule has 0 saturated carbocycles. The summed E-state index contributed by atoms with van der Waals surface area (Å²) in [6.07, 6.45) is 0.150. The topological polar surface area (TPSA) is 90.4 Å². The minimum absolute atomic E-state index is 0.150. The summed E-state index contributed by atoms with van der Waals surface area (Å²) in [6, 6.07) is 12.9. The summed E-state index contributed by atoms with van der Waals surface area (Å²) in [7, 11) is 0. The average molecular weight is 423 g/mol. The smallest absolute Gasteiger partial charge is 0.338 e. The number of phenols is 1. The van der Waals surface area contributed by atoms with Gasteiger partial charge in [0.25, 0.3) is 5.91 Å². The molecule has 2 aliphatic heterocycles. The molecule has 2 aromatic rings. The quantitative estimate of drug-likeness (QED) is 0.581. The van der Waals surface area contributed by atoms with Gasteiger partial charge in [0.1, 0.15) is 5.75 Å². The van der Waals surface area contributed by atoms with Crippen LogP contribution in [0.15, 0.2) is 48.5 Å². The predicted octanol–water partition coefficient (Wildman–Crippen LogP) is 2.02. The van der Waals surface area contributed by atoms with Crippen molar-refractivity contribution in [3.05, 3.63) is 54.1 Å². The van der Waals surface area contributed by atoms with Crippen LogP contribution in [0.3, 0.4) is 0 Å². The monoisotopic (exact) mass is 423 g/mol. The molecule has 0 spiro atoms. The number of hydrogen-bond acceptors (Lipinski definition) is 7. The fourth-order valence-electron chi connectivity index (χ4n) is 4.09. The third-order valence-electron chi connectivity index (χ3n) is 5.73. The van der Waals surface area contributed by atoms with Crippen molar-refractivity contribution >= 4 is 29.2 Å². The van der Waals surface area contributed by atoms with Crippen LogP contribution < -0.4 is 9.80 Å². The van der Waals surface area contributed by atoms with Crippen molar-refractivity contribution in [1.29, 1.82) is 0 Å². The van der Waals surface area contributed by atoms with E-state index in [-0.39, 0.29) is 30.6 Å². The Balaban J connectivity index is 1.40. The highest BCUT2D eigenvalue weighted by Crippen LogP contribution is 2.28. The van der Waals surface area contributed by atoms with Crippen molar-refractivity contribution in [2.45, 2.75) is 19.4 Å². The highest BCUT2D eigenvalue weighted by atomic mass is 16.5. The van der Waals surface area contributed by atoms with Gasteiger partial charge < -0.3 is 14.7 Å². The van der Waals surface area contributed by atoms with Gasteiger partial charge in [0.15, 0.2) is 0 Å². The van der Waals surface area contributed by atoms with Crippen LogP contribution in [-0.4, -0.2) is 66.6 Å². The molecule has 8 nitrogen and oxygen atoms in total. The van der Waals surface area contributed by atoms with Crippen LogP contribution in [0.2, 0.25) is 0 Å². The van der Waals surface area contributed by atoms with Crippen LogP contribution in [-0.2, 0) is 14.3 Å². The lowest BCUT2D eigenvalue weighted by atomic mass is 10.1. The van der Waals surface area contributed by atoms with Gasteiger partial charge in [-0.05, 0) is 55.5 Å². The first kappa shape index (κ1) is 20.9. The molecule has 1 N–H and O–H groups in total. The maximum Gasteiger partial charge on any atom is 0.338 e. The highest BCUT2D eigenvalue weighted by molar-refractivity contribution is 6.22. The van der Waals surface area contributed by atoms with E-state index in [0.29, 0.717) is 24.3 Å². The molecule has 8 heteroatoms. The number of esters is 1. The molecule has 2 heterocycles. The van der Waals surface area contributed by atoms with Crippen molar-refractivity contribution in [2.75, 3.05) is 42.6 Å². The van der Waals surface area contributed by atoms with Gasteiger partial charge in [-0.3, -0.25) is 14.5 Å². The van der Waals surface area contributed by atoms with Gasteiger partial charge in [-0.1, -0.05) is 0 Å². The minimum atomic E-state index is -0.473. The molecule has 1 atom stereocenters. The Labute approximate surface area is 180 Å². The van der Waals surface area contributed by atoms with E-state index < -0.39 is 12.0 Å². The lowest BCUT2D eigenvalue weighted by molar-refractivity contribution is -0.123. The number of phenolic OH excluding ortho intramolecular Hbond substituents is 1. The van der Waals surface area contributed by atoms with Crippen LogP contribution in [0.4, 0.5) is 11.4 Å². The fourth-order valence-corrected chi connectivity index (χ4v) is 4.09. The second-order valence-electron chi connectivity index (χ2n) is 7.59. The second-order valence-corrected chi connectivity index (χ2v) is 7.59. The lowest BCUT2D eigenvalue weighted by Crippen LogP contribution is -2.52. The molecule has 0 aromatic heterocycles. The normalized spacial score (nSPS) is 19.7. The van der Waals surface area contributed by atoms with E-state index in [9.17, 15) is 19.5 Å². The van der Waals surface area contributed by atoms with Gasteiger partial charge in [-0.25, -0.2) is 9.69 Å². The molecule has 2 amide bonds. The maximum absolute atomic E-state index is 13.1. The number of aromatic hydroxyl groups is 1. The molecule has 2 fully saturated rings. The van der Waals surface area contributed by atoms with Crippen molar-refractivity contribution in [3.8, 4) is 5.75 Å². The van der Waals surface area contributed by atoms with E-state index in [1.165, 1.54) is 4.90 Å². The molecule has 2 saturated heterocycles. The van der Waals surface area contributed by atoms with Crippen LogP contribution in [0.25, 0.3) is 0 Å². The molecule has 2 aliphatic rings. The Kier molecular flexibility index (Phi) is 5.90. The van der Waals surface area contributed by atoms with E-state index >= 15 is 0 Å². The van der Waals surface area contributed by atoms with E-state index in [4.69, 9.17) is 4.74 Å².